The number of hydrogen-bond acceptors (Lipinski definition) is 2. The number of hydrogen-bond donors (Lipinski definition) is 0. The lowest BCUT2D eigenvalue weighted by Gasteiger charge is -2.13. The van der Waals surface area contributed by atoms with Crippen LogP contribution in [0.15, 0.2) is 29.2 Å². The van der Waals surface area contributed by atoms with Gasteiger partial charge >= 0.3 is 0 Å². The van der Waals surface area contributed by atoms with Gasteiger partial charge in [0.15, 0.2) is 0 Å². The van der Waals surface area contributed by atoms with Gasteiger partial charge in [-0.1, -0.05) is 25.1 Å². The molecule has 0 saturated heterocycles. The summed E-state index contributed by atoms with van der Waals surface area (Å²) in [5.74, 6) is 0. The van der Waals surface area contributed by atoms with E-state index in [9.17, 15) is 8.42 Å². The first kappa shape index (κ1) is 11.2. The first-order valence-corrected chi connectivity index (χ1v) is 5.94. The summed E-state index contributed by atoms with van der Waals surface area (Å²) in [5.41, 5.74) is 0.862. The van der Waals surface area contributed by atoms with Crippen molar-refractivity contribution in [3.63, 3.8) is 0 Å². The van der Waals surface area contributed by atoms with Crippen LogP contribution in [-0.2, 0) is 16.4 Å². The quantitative estimate of drug-likeness (QED) is 0.763. The van der Waals surface area contributed by atoms with Crippen molar-refractivity contribution in [2.24, 2.45) is 0 Å². The average molecular weight is 213 g/mol. The Kier molecular flexibility index (Phi) is 3.29. The predicted octanol–water partition coefficient (Wildman–Crippen LogP) is 1.50. The Morgan fingerprint density at radius 2 is 1.79 bits per heavy atom. The Balaban J connectivity index is 3.32. The fourth-order valence-electron chi connectivity index (χ4n) is 1.24. The molecule has 0 aromatic heterocycles. The zero-order valence-corrected chi connectivity index (χ0v) is 9.50. The summed E-state index contributed by atoms with van der Waals surface area (Å²) < 4.78 is 24.9. The second-order valence-corrected chi connectivity index (χ2v) is 5.37. The van der Waals surface area contributed by atoms with E-state index in [4.69, 9.17) is 0 Å². The summed E-state index contributed by atoms with van der Waals surface area (Å²) in [5, 5.41) is 0. The van der Waals surface area contributed by atoms with E-state index in [1.807, 2.05) is 19.1 Å². The third-order valence-electron chi connectivity index (χ3n) is 2.11. The van der Waals surface area contributed by atoms with E-state index in [-0.39, 0.29) is 0 Å². The maximum atomic E-state index is 11.8. The molecule has 0 aliphatic rings. The summed E-state index contributed by atoms with van der Waals surface area (Å²) in [6.45, 7) is 1.95. The average Bonchev–Trinajstić information content (AvgIpc) is 2.17. The van der Waals surface area contributed by atoms with Gasteiger partial charge in [-0.3, -0.25) is 0 Å². The van der Waals surface area contributed by atoms with Crippen LogP contribution < -0.4 is 0 Å². The third-order valence-corrected chi connectivity index (χ3v) is 4.03. The lowest BCUT2D eigenvalue weighted by molar-refractivity contribution is 0.519. The molecule has 0 radical (unpaired) electrons. The highest BCUT2D eigenvalue weighted by atomic mass is 32.2. The first-order chi connectivity index (χ1) is 6.50. The van der Waals surface area contributed by atoms with E-state index in [2.05, 4.69) is 0 Å². The van der Waals surface area contributed by atoms with E-state index < -0.39 is 10.0 Å². The summed E-state index contributed by atoms with van der Waals surface area (Å²) in [7, 11) is -0.199. The van der Waals surface area contributed by atoms with Crippen LogP contribution in [0.3, 0.4) is 0 Å². The Labute approximate surface area is 85.4 Å². The van der Waals surface area contributed by atoms with Crippen molar-refractivity contribution in [2.45, 2.75) is 18.2 Å². The molecule has 4 heteroatoms. The van der Waals surface area contributed by atoms with Gasteiger partial charge in [-0.05, 0) is 18.1 Å². The van der Waals surface area contributed by atoms with Gasteiger partial charge in [-0.15, -0.1) is 0 Å². The molecule has 0 bridgehead atoms. The van der Waals surface area contributed by atoms with Gasteiger partial charge in [0.1, 0.15) is 0 Å². The molecule has 14 heavy (non-hydrogen) atoms. The SMILES string of the molecule is CCc1ccccc1S(=O)(=O)N(C)C. The van der Waals surface area contributed by atoms with Gasteiger partial charge in [0.2, 0.25) is 10.0 Å². The summed E-state index contributed by atoms with van der Waals surface area (Å²) in [4.78, 5) is 0.410. The molecule has 0 spiro atoms. The first-order valence-electron chi connectivity index (χ1n) is 4.50. The third kappa shape index (κ3) is 1.96. The molecule has 0 aliphatic heterocycles. The van der Waals surface area contributed by atoms with E-state index >= 15 is 0 Å². The normalized spacial score (nSPS) is 12.0. The van der Waals surface area contributed by atoms with Crippen LogP contribution in [0.1, 0.15) is 12.5 Å². The molecule has 0 saturated carbocycles. The van der Waals surface area contributed by atoms with Crippen molar-refractivity contribution in [1.29, 1.82) is 0 Å². The van der Waals surface area contributed by atoms with Gasteiger partial charge in [0, 0.05) is 14.1 Å². The molecule has 0 aliphatic carbocycles. The highest BCUT2D eigenvalue weighted by Crippen LogP contribution is 2.18. The van der Waals surface area contributed by atoms with E-state index in [1.165, 1.54) is 4.31 Å². The molecule has 0 heterocycles. The van der Waals surface area contributed by atoms with Crippen LogP contribution in [0, 0.1) is 0 Å². The Hall–Kier alpha value is -0.870. The van der Waals surface area contributed by atoms with Crippen molar-refractivity contribution < 1.29 is 8.42 Å². The fourth-order valence-corrected chi connectivity index (χ4v) is 2.43. The molecule has 3 nitrogen and oxygen atoms in total. The number of aryl methyl sites for hydroxylation is 1. The zero-order valence-electron chi connectivity index (χ0n) is 8.69. The maximum Gasteiger partial charge on any atom is 0.242 e. The lowest BCUT2D eigenvalue weighted by atomic mass is 10.2. The van der Waals surface area contributed by atoms with Crippen LogP contribution in [0.25, 0.3) is 0 Å². The van der Waals surface area contributed by atoms with Crippen LogP contribution in [0.5, 0.6) is 0 Å². The van der Waals surface area contributed by atoms with Crippen molar-refractivity contribution in [2.75, 3.05) is 14.1 Å². The molecule has 1 aromatic carbocycles. The Bertz CT molecular complexity index is 410. The predicted molar refractivity (Wildman–Crippen MR) is 56.7 cm³/mol. The second-order valence-electron chi connectivity index (χ2n) is 3.25. The molecule has 78 valence electrons. The Morgan fingerprint density at radius 1 is 1.21 bits per heavy atom. The largest absolute Gasteiger partial charge is 0.242 e. The molecular weight excluding hydrogens is 198 g/mol. The monoisotopic (exact) mass is 213 g/mol. The standard InChI is InChI=1S/C10H15NO2S/c1-4-9-7-5-6-8-10(9)14(12,13)11(2)3/h5-8H,4H2,1-3H3. The van der Waals surface area contributed by atoms with E-state index in [0.29, 0.717) is 4.90 Å². The van der Waals surface area contributed by atoms with Crippen LogP contribution in [0.4, 0.5) is 0 Å². The topological polar surface area (TPSA) is 37.4 Å². The maximum absolute atomic E-state index is 11.8. The van der Waals surface area contributed by atoms with Gasteiger partial charge < -0.3 is 0 Å². The van der Waals surface area contributed by atoms with Gasteiger partial charge in [-0.2, -0.15) is 0 Å². The fraction of sp³-hybridized carbons (Fsp3) is 0.400. The Morgan fingerprint density at radius 3 is 2.29 bits per heavy atom. The molecule has 0 fully saturated rings. The molecule has 1 aromatic rings. The highest BCUT2D eigenvalue weighted by molar-refractivity contribution is 7.89. The van der Waals surface area contributed by atoms with Crippen LogP contribution in [0.2, 0.25) is 0 Å². The van der Waals surface area contributed by atoms with Crippen LogP contribution >= 0.6 is 0 Å². The smallest absolute Gasteiger partial charge is 0.207 e. The minimum absolute atomic E-state index is 0.410. The molecule has 0 amide bonds. The molecule has 0 unspecified atom stereocenters. The molecule has 0 N–H and O–H groups in total. The van der Waals surface area contributed by atoms with E-state index in [1.54, 1.807) is 26.2 Å². The molecule has 1 rings (SSSR count). The van der Waals surface area contributed by atoms with Gasteiger partial charge in [0.25, 0.3) is 0 Å². The number of sulfonamides is 1. The van der Waals surface area contributed by atoms with Crippen molar-refractivity contribution in [3.05, 3.63) is 29.8 Å². The number of nitrogens with zero attached hydrogens (tertiary/aromatic N) is 1. The second kappa shape index (κ2) is 4.11. The summed E-state index contributed by atoms with van der Waals surface area (Å²) in [6, 6.07) is 7.09. The molecular formula is C10H15NO2S. The number of benzene rings is 1. The summed E-state index contributed by atoms with van der Waals surface area (Å²) in [6.07, 6.45) is 0.725. The van der Waals surface area contributed by atoms with Crippen molar-refractivity contribution >= 4 is 10.0 Å². The summed E-state index contributed by atoms with van der Waals surface area (Å²) >= 11 is 0. The van der Waals surface area contributed by atoms with Crippen LogP contribution in [-0.4, -0.2) is 26.8 Å². The lowest BCUT2D eigenvalue weighted by Crippen LogP contribution is -2.23. The molecule has 0 atom stereocenters. The number of rotatable bonds is 3. The highest BCUT2D eigenvalue weighted by Gasteiger charge is 2.19. The zero-order chi connectivity index (χ0) is 10.8. The van der Waals surface area contributed by atoms with E-state index in [0.717, 1.165) is 12.0 Å². The van der Waals surface area contributed by atoms with Crippen molar-refractivity contribution in [3.8, 4) is 0 Å². The minimum Gasteiger partial charge on any atom is -0.207 e. The minimum atomic E-state index is -3.29. The van der Waals surface area contributed by atoms with Crippen molar-refractivity contribution in [1.82, 2.24) is 4.31 Å². The van der Waals surface area contributed by atoms with Gasteiger partial charge in [0.05, 0.1) is 4.90 Å². The van der Waals surface area contributed by atoms with Gasteiger partial charge in [-0.25, -0.2) is 12.7 Å².